The number of carbonyl (C=O) groups excluding carboxylic acids is 2. The number of benzene rings is 2. The van der Waals surface area contributed by atoms with Crippen molar-refractivity contribution in [2.45, 2.75) is 70.4 Å². The maximum Gasteiger partial charge on any atom is 0.223 e. The van der Waals surface area contributed by atoms with E-state index in [0.717, 1.165) is 62.3 Å². The van der Waals surface area contributed by atoms with Crippen molar-refractivity contribution in [1.29, 1.82) is 0 Å². The Hall–Kier alpha value is -2.83. The van der Waals surface area contributed by atoms with Crippen molar-refractivity contribution in [1.82, 2.24) is 19.7 Å². The quantitative estimate of drug-likeness (QED) is 0.314. The van der Waals surface area contributed by atoms with Crippen LogP contribution in [0.5, 0.6) is 0 Å². The van der Waals surface area contributed by atoms with E-state index in [-0.39, 0.29) is 17.9 Å². The van der Waals surface area contributed by atoms with E-state index in [1.54, 1.807) is 0 Å². The van der Waals surface area contributed by atoms with Crippen LogP contribution in [0.2, 0.25) is 5.02 Å². The molecule has 1 saturated heterocycles. The third-order valence-electron chi connectivity index (χ3n) is 8.86. The van der Waals surface area contributed by atoms with Crippen LogP contribution in [0.25, 0.3) is 10.9 Å². The van der Waals surface area contributed by atoms with E-state index in [9.17, 15) is 9.59 Å². The Labute approximate surface area is 243 Å². The topological polar surface area (TPSA) is 57.6 Å². The number of aryl methyl sites for hydroxylation is 1. The Morgan fingerprint density at radius 2 is 1.73 bits per heavy atom. The van der Waals surface area contributed by atoms with Gasteiger partial charge in [-0.2, -0.15) is 0 Å². The number of likely N-dealkylation sites (tertiary alicyclic amines) is 1. The van der Waals surface area contributed by atoms with E-state index in [2.05, 4.69) is 57.2 Å². The number of hydrogen-bond acceptors (Lipinski definition) is 3. The maximum absolute atomic E-state index is 13.5. The number of nitrogens with one attached hydrogen (secondary N) is 1. The fraction of sp³-hybridized carbons (Fsp3) is 0.515. The molecular weight excluding hydrogens is 520 g/mol. The Bertz CT molecular complexity index is 1270. The molecule has 1 aliphatic heterocycles. The van der Waals surface area contributed by atoms with Crippen LogP contribution in [-0.4, -0.2) is 58.4 Å². The molecule has 2 aromatic carbocycles. The molecule has 5 rings (SSSR count). The molecule has 40 heavy (non-hydrogen) atoms. The summed E-state index contributed by atoms with van der Waals surface area (Å²) in [6, 6.07) is 16.5. The molecule has 2 aliphatic rings. The molecule has 2 amide bonds. The van der Waals surface area contributed by atoms with E-state index in [1.165, 1.54) is 29.3 Å². The average Bonchev–Trinajstić information content (AvgIpc) is 3.58. The Morgan fingerprint density at radius 1 is 1.00 bits per heavy atom. The number of hydrogen-bond donors (Lipinski definition) is 1. The van der Waals surface area contributed by atoms with Gasteiger partial charge in [0.1, 0.15) is 0 Å². The predicted octanol–water partition coefficient (Wildman–Crippen LogP) is 5.95. The first-order chi connectivity index (χ1) is 19.5. The molecule has 0 radical (unpaired) electrons. The summed E-state index contributed by atoms with van der Waals surface area (Å²) in [6.07, 6.45) is 10.7. The molecule has 214 valence electrons. The van der Waals surface area contributed by atoms with Gasteiger partial charge >= 0.3 is 0 Å². The lowest BCUT2D eigenvalue weighted by Crippen LogP contribution is -2.48. The zero-order chi connectivity index (χ0) is 27.9. The number of fused-ring (bicyclic) bond motifs is 1. The number of carbonyl (C=O) groups is 2. The molecule has 1 saturated carbocycles. The van der Waals surface area contributed by atoms with Crippen molar-refractivity contribution in [2.75, 3.05) is 26.2 Å². The van der Waals surface area contributed by atoms with Gasteiger partial charge in [-0.25, -0.2) is 0 Å². The number of rotatable bonds is 11. The summed E-state index contributed by atoms with van der Waals surface area (Å²) in [5.74, 6) is 0.768. The highest BCUT2D eigenvalue weighted by atomic mass is 35.5. The summed E-state index contributed by atoms with van der Waals surface area (Å²) in [6.45, 7) is 3.96. The third kappa shape index (κ3) is 7.46. The van der Waals surface area contributed by atoms with Gasteiger partial charge < -0.3 is 14.8 Å². The van der Waals surface area contributed by atoms with E-state index < -0.39 is 0 Å². The number of halogens is 1. The summed E-state index contributed by atoms with van der Waals surface area (Å²) < 4.78 is 2.21. The number of para-hydroxylation sites is 1. The van der Waals surface area contributed by atoms with Gasteiger partial charge in [0.25, 0.3) is 0 Å². The molecular formula is C33H43ClN4O2. The van der Waals surface area contributed by atoms with Gasteiger partial charge in [-0.3, -0.25) is 14.5 Å². The molecule has 2 heterocycles. The molecule has 1 aliphatic carbocycles. The third-order valence-corrected chi connectivity index (χ3v) is 9.11. The zero-order valence-corrected chi connectivity index (χ0v) is 24.5. The first-order valence-electron chi connectivity index (χ1n) is 15.0. The van der Waals surface area contributed by atoms with Crippen LogP contribution in [0.1, 0.15) is 62.5 Å². The first kappa shape index (κ1) is 28.7. The van der Waals surface area contributed by atoms with E-state index >= 15 is 0 Å². The zero-order valence-electron chi connectivity index (χ0n) is 23.8. The Balaban J connectivity index is 1.14. The standard InChI is InChI=1S/C33H43ClN4O2/c1-36-23-27(30-8-4-5-9-31(30)36)24-37-19-15-29(16-20-37)38(33(40)22-26-6-2-3-7-26)21-17-32(39)35-18-14-25-10-12-28(34)13-11-25/h4-5,8-13,23,26,29H,2-3,6-7,14-22,24H2,1H3,(H,35,39). The Kier molecular flexibility index (Phi) is 9.82. The van der Waals surface area contributed by atoms with Crippen LogP contribution in [0, 0.1) is 5.92 Å². The summed E-state index contributed by atoms with van der Waals surface area (Å²) in [7, 11) is 2.11. The second kappa shape index (κ2) is 13.7. The number of amides is 2. The van der Waals surface area contributed by atoms with Gasteiger partial charge in [-0.1, -0.05) is 54.8 Å². The number of nitrogens with zero attached hydrogens (tertiary/aromatic N) is 3. The van der Waals surface area contributed by atoms with Gasteiger partial charge in [0, 0.05) is 80.8 Å². The van der Waals surface area contributed by atoms with E-state index in [1.807, 2.05) is 24.3 Å². The molecule has 0 bridgehead atoms. The molecule has 0 spiro atoms. The highest BCUT2D eigenvalue weighted by molar-refractivity contribution is 6.30. The molecule has 3 aromatic rings. The van der Waals surface area contributed by atoms with Crippen LogP contribution in [0.15, 0.2) is 54.7 Å². The smallest absolute Gasteiger partial charge is 0.223 e. The second-order valence-electron chi connectivity index (χ2n) is 11.7. The normalized spacial score (nSPS) is 16.9. The molecule has 1 aromatic heterocycles. The number of piperidine rings is 1. The largest absolute Gasteiger partial charge is 0.356 e. The summed E-state index contributed by atoms with van der Waals surface area (Å²) in [5, 5.41) is 5.09. The SMILES string of the molecule is Cn1cc(CN2CCC(N(CCC(=O)NCCc3ccc(Cl)cc3)C(=O)CC3CCCC3)CC2)c2ccccc21. The minimum absolute atomic E-state index is 0.0148. The van der Waals surface area contributed by atoms with Gasteiger partial charge in [0.2, 0.25) is 11.8 Å². The van der Waals surface area contributed by atoms with Gasteiger partial charge in [-0.15, -0.1) is 0 Å². The summed E-state index contributed by atoms with van der Waals surface area (Å²) in [4.78, 5) is 30.8. The Morgan fingerprint density at radius 3 is 2.48 bits per heavy atom. The fourth-order valence-electron chi connectivity index (χ4n) is 6.58. The van der Waals surface area contributed by atoms with Crippen LogP contribution in [0.3, 0.4) is 0 Å². The van der Waals surface area contributed by atoms with Crippen molar-refractivity contribution in [3.8, 4) is 0 Å². The molecule has 0 unspecified atom stereocenters. The molecule has 0 atom stereocenters. The van der Waals surface area contributed by atoms with Crippen LogP contribution in [-0.2, 0) is 29.6 Å². The predicted molar refractivity (Wildman–Crippen MR) is 162 cm³/mol. The van der Waals surface area contributed by atoms with Crippen LogP contribution >= 0.6 is 11.6 Å². The van der Waals surface area contributed by atoms with Crippen molar-refractivity contribution >= 4 is 34.3 Å². The summed E-state index contributed by atoms with van der Waals surface area (Å²) in [5.41, 5.74) is 3.77. The maximum atomic E-state index is 13.5. The fourth-order valence-corrected chi connectivity index (χ4v) is 6.70. The monoisotopic (exact) mass is 562 g/mol. The lowest BCUT2D eigenvalue weighted by Gasteiger charge is -2.39. The molecule has 6 nitrogen and oxygen atoms in total. The van der Waals surface area contributed by atoms with Crippen molar-refractivity contribution < 1.29 is 9.59 Å². The molecule has 1 N–H and O–H groups in total. The highest BCUT2D eigenvalue weighted by Gasteiger charge is 2.30. The first-order valence-corrected chi connectivity index (χ1v) is 15.4. The summed E-state index contributed by atoms with van der Waals surface area (Å²) >= 11 is 5.97. The van der Waals surface area contributed by atoms with Gasteiger partial charge in [0.05, 0.1) is 0 Å². The minimum Gasteiger partial charge on any atom is -0.356 e. The highest BCUT2D eigenvalue weighted by Crippen LogP contribution is 2.30. The van der Waals surface area contributed by atoms with Gasteiger partial charge in [-0.05, 0) is 67.3 Å². The van der Waals surface area contributed by atoms with Crippen molar-refractivity contribution in [2.24, 2.45) is 13.0 Å². The molecule has 7 heteroatoms. The lowest BCUT2D eigenvalue weighted by atomic mass is 9.98. The van der Waals surface area contributed by atoms with Gasteiger partial charge in [0.15, 0.2) is 0 Å². The molecule has 2 fully saturated rings. The van der Waals surface area contributed by atoms with Crippen molar-refractivity contribution in [3.05, 3.63) is 70.9 Å². The lowest BCUT2D eigenvalue weighted by molar-refractivity contribution is -0.136. The van der Waals surface area contributed by atoms with Crippen molar-refractivity contribution in [3.63, 3.8) is 0 Å². The van der Waals surface area contributed by atoms with Crippen LogP contribution < -0.4 is 5.32 Å². The van der Waals surface area contributed by atoms with Crippen LogP contribution in [0.4, 0.5) is 0 Å². The van der Waals surface area contributed by atoms with E-state index in [0.29, 0.717) is 31.8 Å². The minimum atomic E-state index is 0.0148. The number of aromatic nitrogens is 1. The van der Waals surface area contributed by atoms with E-state index in [4.69, 9.17) is 11.6 Å². The average molecular weight is 563 g/mol. The second-order valence-corrected chi connectivity index (χ2v) is 12.1.